The van der Waals surface area contributed by atoms with Crippen LogP contribution in [0.25, 0.3) is 0 Å². The molecule has 0 aliphatic carbocycles. The highest BCUT2D eigenvalue weighted by atomic mass is 79.9. The molecule has 46 valence electrons. The monoisotopic (exact) mass is 177 g/mol. The predicted octanol–water partition coefficient (Wildman–Crippen LogP) is 0.114. The number of rotatable bonds is 3. The Labute approximate surface area is 58.6 Å². The summed E-state index contributed by atoms with van der Waals surface area (Å²) in [5, 5.41) is 3.63. The fourth-order valence-electron chi connectivity index (χ4n) is 0.331. The van der Waals surface area contributed by atoms with Gasteiger partial charge >= 0.3 is 0 Å². The minimum Gasteiger partial charge on any atom is -0.365 e. The van der Waals surface area contributed by atoms with E-state index >= 15 is 0 Å². The molecule has 8 heavy (non-hydrogen) atoms. The van der Waals surface area contributed by atoms with Gasteiger partial charge in [-0.05, 0) is 6.42 Å². The van der Waals surface area contributed by atoms with E-state index in [1.807, 2.05) is 0 Å². The van der Waals surface area contributed by atoms with Crippen molar-refractivity contribution in [2.24, 2.45) is 0 Å². The number of carbonyl (C=O) groups excluding carboxylic acids is 1. The fraction of sp³-hybridized carbons (Fsp3) is 0.750. The lowest BCUT2D eigenvalue weighted by Gasteiger charge is -1.96. The number of alkyl halides is 1. The molecule has 0 heterocycles. The van der Waals surface area contributed by atoms with Crippen molar-refractivity contribution in [1.29, 1.82) is 0 Å². The van der Waals surface area contributed by atoms with Gasteiger partial charge in [0.15, 0.2) is 5.81 Å². The summed E-state index contributed by atoms with van der Waals surface area (Å²) in [6.45, 7) is 0.778. The Kier molecular flexibility index (Phi) is 5.17. The average molecular weight is 178 g/mol. The normalized spacial score (nSPS) is 8.62. The molecule has 0 aliphatic rings. The van der Waals surface area contributed by atoms with Crippen molar-refractivity contribution in [3.05, 3.63) is 0 Å². The van der Waals surface area contributed by atoms with Crippen molar-refractivity contribution in [2.75, 3.05) is 11.9 Å². The molecule has 0 aromatic rings. The van der Waals surface area contributed by atoms with Crippen LogP contribution in [0.2, 0.25) is 0 Å². The van der Waals surface area contributed by atoms with E-state index in [1.54, 1.807) is 0 Å². The van der Waals surface area contributed by atoms with Crippen LogP contribution in [-0.4, -0.2) is 25.5 Å². The zero-order valence-corrected chi connectivity index (χ0v) is 6.49. The first-order valence-corrected chi connectivity index (χ1v) is 3.70. The number of nitrogens with one attached hydrogen (secondary N) is 1. The van der Waals surface area contributed by atoms with Gasteiger partial charge in [0.1, 0.15) is 0 Å². The Morgan fingerprint density at radius 2 is 2.38 bits per heavy atom. The van der Waals surface area contributed by atoms with Crippen LogP contribution < -0.4 is 5.32 Å². The summed E-state index contributed by atoms with van der Waals surface area (Å²) >= 11 is 3.25. The molecule has 0 unspecified atom stereocenters. The van der Waals surface area contributed by atoms with E-state index in [0.29, 0.717) is 0 Å². The molecular weight excluding hydrogens is 169 g/mol. The van der Waals surface area contributed by atoms with Gasteiger partial charge in [0.25, 0.3) is 0 Å². The molecule has 1 amide bonds. The number of amides is 1. The van der Waals surface area contributed by atoms with Gasteiger partial charge in [-0.15, -0.1) is 0 Å². The Balaban J connectivity index is 2.82. The van der Waals surface area contributed by atoms with Crippen molar-refractivity contribution in [3.8, 4) is 0 Å². The van der Waals surface area contributed by atoms with E-state index < -0.39 is 0 Å². The van der Waals surface area contributed by atoms with Gasteiger partial charge < -0.3 is 5.32 Å². The van der Waals surface area contributed by atoms with Crippen LogP contribution in [0, 0.1) is 0 Å². The van der Waals surface area contributed by atoms with Gasteiger partial charge in [-0.3, -0.25) is 4.79 Å². The molecule has 0 aromatic heterocycles. The van der Waals surface area contributed by atoms with E-state index in [1.165, 1.54) is 7.85 Å². The smallest absolute Gasteiger partial charge is 0.215 e. The molecule has 0 fully saturated rings. The molecule has 0 aliphatic heterocycles. The zero-order valence-electron chi connectivity index (χ0n) is 4.91. The number of hydrogen-bond donors (Lipinski definition) is 1. The maximum absolute atomic E-state index is 10.2. The van der Waals surface area contributed by atoms with Crippen LogP contribution in [0.5, 0.6) is 0 Å². The molecule has 0 radical (unpaired) electrons. The van der Waals surface area contributed by atoms with Crippen LogP contribution in [0.15, 0.2) is 0 Å². The maximum Gasteiger partial charge on any atom is 0.215 e. The van der Waals surface area contributed by atoms with E-state index in [4.69, 9.17) is 0 Å². The number of hydrogen-bond acceptors (Lipinski definition) is 1. The lowest BCUT2D eigenvalue weighted by molar-refractivity contribution is 0.259. The third kappa shape index (κ3) is 6.01. The second kappa shape index (κ2) is 5.16. The molecule has 0 aromatic carbocycles. The minimum absolute atomic E-state index is 0.0472. The highest BCUT2D eigenvalue weighted by Gasteiger charge is 1.86. The van der Waals surface area contributed by atoms with Gasteiger partial charge in [0.2, 0.25) is 7.85 Å². The van der Waals surface area contributed by atoms with Gasteiger partial charge in [0.05, 0.1) is 0 Å². The highest BCUT2D eigenvalue weighted by Crippen LogP contribution is 1.83. The number of carbonyl (C=O) groups is 1. The summed E-state index contributed by atoms with van der Waals surface area (Å²) in [6.07, 6.45) is 1.000. The summed E-state index contributed by atoms with van der Waals surface area (Å²) in [4.78, 5) is 10.2. The lowest BCUT2D eigenvalue weighted by Crippen LogP contribution is -2.22. The third-order valence-electron chi connectivity index (χ3n) is 0.684. The Morgan fingerprint density at radius 3 is 2.75 bits per heavy atom. The van der Waals surface area contributed by atoms with E-state index in [9.17, 15) is 4.79 Å². The highest BCUT2D eigenvalue weighted by molar-refractivity contribution is 9.09. The minimum atomic E-state index is 0.0472. The summed E-state index contributed by atoms with van der Waals surface area (Å²) < 4.78 is 0. The van der Waals surface area contributed by atoms with Gasteiger partial charge in [0, 0.05) is 11.9 Å². The summed E-state index contributed by atoms with van der Waals surface area (Å²) in [6, 6.07) is 0. The first-order chi connectivity index (χ1) is 3.77. The van der Waals surface area contributed by atoms with Crippen LogP contribution in [0.1, 0.15) is 6.42 Å². The van der Waals surface area contributed by atoms with Crippen molar-refractivity contribution in [1.82, 2.24) is 5.32 Å². The number of halogens is 1. The Bertz CT molecular complexity index is 78.4. The van der Waals surface area contributed by atoms with Crippen LogP contribution in [0.4, 0.5) is 4.79 Å². The van der Waals surface area contributed by atoms with Crippen LogP contribution >= 0.6 is 15.9 Å². The molecule has 0 saturated heterocycles. The molecule has 0 atom stereocenters. The summed E-state index contributed by atoms with van der Waals surface area (Å²) in [5.41, 5.74) is 0. The van der Waals surface area contributed by atoms with E-state index in [0.717, 1.165) is 18.3 Å². The van der Waals surface area contributed by atoms with E-state index in [2.05, 4.69) is 21.2 Å². The quantitative estimate of drug-likeness (QED) is 0.371. The standard InChI is InChI=1S/C4H9BBrNO/c5-4(8)7-3-1-2-6/h1-3,5H2,(H,7,8). The Morgan fingerprint density at radius 1 is 1.75 bits per heavy atom. The topological polar surface area (TPSA) is 29.1 Å². The van der Waals surface area contributed by atoms with Crippen LogP contribution in [0.3, 0.4) is 0 Å². The first-order valence-electron chi connectivity index (χ1n) is 2.57. The molecule has 4 heteroatoms. The maximum atomic E-state index is 10.2. The largest absolute Gasteiger partial charge is 0.365 e. The second-order valence-electron chi connectivity index (χ2n) is 1.53. The van der Waals surface area contributed by atoms with Gasteiger partial charge in [-0.25, -0.2) is 0 Å². The SMILES string of the molecule is BC(=O)NCCCBr. The van der Waals surface area contributed by atoms with Crippen LogP contribution in [-0.2, 0) is 0 Å². The summed E-state index contributed by atoms with van der Waals surface area (Å²) in [7, 11) is 1.52. The molecule has 0 rings (SSSR count). The molecule has 0 spiro atoms. The lowest BCUT2D eigenvalue weighted by atomic mass is 10.1. The second-order valence-corrected chi connectivity index (χ2v) is 2.32. The van der Waals surface area contributed by atoms with Gasteiger partial charge in [-0.1, -0.05) is 15.9 Å². The Hall–Kier alpha value is 0.0149. The average Bonchev–Trinajstić information content (AvgIpc) is 1.66. The molecule has 0 saturated carbocycles. The first kappa shape index (κ1) is 8.01. The van der Waals surface area contributed by atoms with E-state index in [-0.39, 0.29) is 5.81 Å². The van der Waals surface area contributed by atoms with Crippen molar-refractivity contribution >= 4 is 29.6 Å². The molecular formula is C4H9BBrNO. The predicted molar refractivity (Wildman–Crippen MR) is 40.4 cm³/mol. The van der Waals surface area contributed by atoms with Crippen molar-refractivity contribution < 1.29 is 4.79 Å². The summed E-state index contributed by atoms with van der Waals surface area (Å²) in [5.74, 6) is 0.0472. The van der Waals surface area contributed by atoms with Gasteiger partial charge in [-0.2, -0.15) is 0 Å². The third-order valence-corrected chi connectivity index (χ3v) is 1.25. The molecule has 2 nitrogen and oxygen atoms in total. The zero-order chi connectivity index (χ0) is 6.41. The van der Waals surface area contributed by atoms with Crippen molar-refractivity contribution in [2.45, 2.75) is 6.42 Å². The molecule has 1 N–H and O–H groups in total. The molecule has 0 bridgehead atoms. The van der Waals surface area contributed by atoms with Crippen molar-refractivity contribution in [3.63, 3.8) is 0 Å². The fourth-order valence-corrected chi connectivity index (χ4v) is 0.612.